The minimum absolute atomic E-state index is 0.00449. The van der Waals surface area contributed by atoms with E-state index in [4.69, 9.17) is 0 Å². The summed E-state index contributed by atoms with van der Waals surface area (Å²) in [5.74, 6) is -0.164. The molecule has 1 aromatic carbocycles. The largest absolute Gasteiger partial charge is 0.301 e. The minimum Gasteiger partial charge on any atom is -0.301 e. The van der Waals surface area contributed by atoms with E-state index in [0.29, 0.717) is 16.4 Å². The molecule has 0 saturated heterocycles. The van der Waals surface area contributed by atoms with Crippen LogP contribution >= 0.6 is 34.4 Å². The normalized spacial score (nSPS) is 11.9. The highest BCUT2D eigenvalue weighted by Crippen LogP contribution is 2.30. The van der Waals surface area contributed by atoms with Gasteiger partial charge in [-0.3, -0.25) is 14.9 Å². The van der Waals surface area contributed by atoms with Crippen molar-refractivity contribution in [3.05, 3.63) is 50.8 Å². The van der Waals surface area contributed by atoms with Crippen LogP contribution in [-0.2, 0) is 4.79 Å². The maximum absolute atomic E-state index is 12.3. The molecule has 0 saturated carbocycles. The highest BCUT2D eigenvalue weighted by Gasteiger charge is 2.18. The first-order valence-corrected chi connectivity index (χ1v) is 10.2. The number of hydrogen-bond donors (Lipinski definition) is 1. The molecule has 134 valence electrons. The van der Waals surface area contributed by atoms with Crippen LogP contribution in [0.1, 0.15) is 12.6 Å². The summed E-state index contributed by atoms with van der Waals surface area (Å²) in [4.78, 5) is 31.5. The van der Waals surface area contributed by atoms with Crippen molar-refractivity contribution >= 4 is 51.2 Å². The van der Waals surface area contributed by atoms with E-state index in [9.17, 15) is 14.9 Å². The van der Waals surface area contributed by atoms with Crippen molar-refractivity contribution in [2.24, 2.45) is 0 Å². The molecule has 0 aliphatic rings. The lowest BCUT2D eigenvalue weighted by Crippen LogP contribution is -2.22. The summed E-state index contributed by atoms with van der Waals surface area (Å²) in [5, 5.41) is 17.5. The van der Waals surface area contributed by atoms with E-state index >= 15 is 0 Å². The second kappa shape index (κ2) is 7.94. The molecule has 10 heteroatoms. The molecule has 0 spiro atoms. The fraction of sp³-hybridized carbons (Fsp3) is 0.188. The Morgan fingerprint density at radius 1 is 1.31 bits per heavy atom. The maximum atomic E-state index is 12.3. The van der Waals surface area contributed by atoms with Crippen LogP contribution < -0.4 is 5.32 Å². The number of nitro benzene ring substituents is 1. The van der Waals surface area contributed by atoms with Crippen molar-refractivity contribution in [3.8, 4) is 11.3 Å². The van der Waals surface area contributed by atoms with Crippen LogP contribution in [0.3, 0.4) is 0 Å². The third-order valence-electron chi connectivity index (χ3n) is 3.33. The van der Waals surface area contributed by atoms with Crippen molar-refractivity contribution in [2.45, 2.75) is 23.4 Å². The average Bonchev–Trinajstić information content (AvgIpc) is 3.24. The molecular formula is C16H14N4O3S3. The van der Waals surface area contributed by atoms with Gasteiger partial charge in [0, 0.05) is 34.2 Å². The zero-order chi connectivity index (χ0) is 18.7. The summed E-state index contributed by atoms with van der Waals surface area (Å²) >= 11 is 4.19. The highest BCUT2D eigenvalue weighted by atomic mass is 32.2. The van der Waals surface area contributed by atoms with E-state index in [-0.39, 0.29) is 16.8 Å². The van der Waals surface area contributed by atoms with E-state index in [1.165, 1.54) is 46.6 Å². The Morgan fingerprint density at radius 2 is 2.12 bits per heavy atom. The standard InChI is InChI=1S/C16H14N4O3S3/c1-9-7-25-16(17-9)26-10(2)14(21)19-15-18-13(8-24-15)11-4-3-5-12(6-11)20(22)23/h3-8,10H,1-2H3,(H,18,19,21)/t10-/m0/s1. The third-order valence-corrected chi connectivity index (χ3v) is 6.28. The number of benzene rings is 1. The first-order valence-electron chi connectivity index (χ1n) is 7.52. The number of rotatable bonds is 6. The smallest absolute Gasteiger partial charge is 0.270 e. The minimum atomic E-state index is -0.447. The van der Waals surface area contributed by atoms with Crippen LogP contribution in [-0.4, -0.2) is 26.0 Å². The Morgan fingerprint density at radius 3 is 2.81 bits per heavy atom. The summed E-state index contributed by atoms with van der Waals surface area (Å²) in [6.45, 7) is 3.72. The van der Waals surface area contributed by atoms with Crippen LogP contribution in [0.15, 0.2) is 39.4 Å². The Balaban J connectivity index is 1.67. The van der Waals surface area contributed by atoms with Gasteiger partial charge in [0.2, 0.25) is 5.91 Å². The molecular weight excluding hydrogens is 392 g/mol. The van der Waals surface area contributed by atoms with Crippen LogP contribution in [0.25, 0.3) is 11.3 Å². The van der Waals surface area contributed by atoms with Crippen LogP contribution in [0, 0.1) is 17.0 Å². The Kier molecular flexibility index (Phi) is 5.64. The Bertz CT molecular complexity index is 954. The number of carbonyl (C=O) groups excluding carboxylic acids is 1. The molecule has 0 aliphatic heterocycles. The number of aromatic nitrogens is 2. The number of aryl methyl sites for hydroxylation is 1. The average molecular weight is 407 g/mol. The first kappa shape index (κ1) is 18.5. The van der Waals surface area contributed by atoms with Gasteiger partial charge in [-0.05, 0) is 13.8 Å². The topological polar surface area (TPSA) is 98.0 Å². The van der Waals surface area contributed by atoms with Gasteiger partial charge in [-0.1, -0.05) is 23.9 Å². The van der Waals surface area contributed by atoms with Crippen LogP contribution in [0.5, 0.6) is 0 Å². The zero-order valence-corrected chi connectivity index (χ0v) is 16.3. The van der Waals surface area contributed by atoms with Crippen molar-refractivity contribution in [2.75, 3.05) is 5.32 Å². The summed E-state index contributed by atoms with van der Waals surface area (Å²) < 4.78 is 0.849. The molecule has 2 aromatic heterocycles. The summed E-state index contributed by atoms with van der Waals surface area (Å²) in [6, 6.07) is 6.25. The van der Waals surface area contributed by atoms with Gasteiger partial charge in [0.1, 0.15) is 0 Å². The molecule has 0 aliphatic carbocycles. The summed E-state index contributed by atoms with van der Waals surface area (Å²) in [5.41, 5.74) is 2.16. The zero-order valence-electron chi connectivity index (χ0n) is 13.8. The molecule has 0 radical (unpaired) electrons. The molecule has 3 aromatic rings. The van der Waals surface area contributed by atoms with Gasteiger partial charge in [0.25, 0.3) is 5.69 Å². The third kappa shape index (κ3) is 4.45. The van der Waals surface area contributed by atoms with E-state index in [1.54, 1.807) is 17.5 Å². The number of nitrogens with zero attached hydrogens (tertiary/aromatic N) is 3. The lowest BCUT2D eigenvalue weighted by atomic mass is 10.1. The summed E-state index contributed by atoms with van der Waals surface area (Å²) in [6.07, 6.45) is 0. The molecule has 0 fully saturated rings. The van der Waals surface area contributed by atoms with Gasteiger partial charge >= 0.3 is 0 Å². The van der Waals surface area contributed by atoms with E-state index in [1.807, 2.05) is 19.2 Å². The SMILES string of the molecule is Cc1csc(S[C@@H](C)C(=O)Nc2nc(-c3cccc([N+](=O)[O-])c3)cs2)n1. The van der Waals surface area contributed by atoms with E-state index < -0.39 is 4.92 Å². The predicted molar refractivity (Wildman–Crippen MR) is 105 cm³/mol. The fourth-order valence-electron chi connectivity index (χ4n) is 2.04. The maximum Gasteiger partial charge on any atom is 0.270 e. The van der Waals surface area contributed by atoms with Gasteiger partial charge in [-0.15, -0.1) is 22.7 Å². The molecule has 3 rings (SSSR count). The number of thiazole rings is 2. The number of nitrogens with one attached hydrogen (secondary N) is 1. The molecule has 0 bridgehead atoms. The molecule has 1 N–H and O–H groups in total. The monoisotopic (exact) mass is 406 g/mol. The first-order chi connectivity index (χ1) is 12.4. The molecule has 2 heterocycles. The highest BCUT2D eigenvalue weighted by molar-refractivity contribution is 8.02. The molecule has 1 amide bonds. The Labute approximate surface area is 161 Å². The lowest BCUT2D eigenvalue weighted by Gasteiger charge is -2.08. The van der Waals surface area contributed by atoms with Crippen LogP contribution in [0.4, 0.5) is 10.8 Å². The molecule has 7 nitrogen and oxygen atoms in total. The Hall–Kier alpha value is -2.30. The number of anilines is 1. The second-order valence-corrected chi connectivity index (χ2v) is 8.65. The quantitative estimate of drug-likeness (QED) is 0.365. The summed E-state index contributed by atoms with van der Waals surface area (Å²) in [7, 11) is 0. The number of non-ortho nitro benzene ring substituents is 1. The molecule has 0 unspecified atom stereocenters. The molecule has 26 heavy (non-hydrogen) atoms. The van der Waals surface area contributed by atoms with Crippen molar-refractivity contribution in [1.29, 1.82) is 0 Å². The van der Waals surface area contributed by atoms with Gasteiger partial charge in [-0.2, -0.15) is 0 Å². The van der Waals surface area contributed by atoms with Crippen molar-refractivity contribution in [1.82, 2.24) is 9.97 Å². The van der Waals surface area contributed by atoms with E-state index in [2.05, 4.69) is 15.3 Å². The predicted octanol–water partition coefficient (Wildman–Crippen LogP) is 4.60. The van der Waals surface area contributed by atoms with Crippen molar-refractivity contribution < 1.29 is 9.72 Å². The number of nitro groups is 1. The van der Waals surface area contributed by atoms with Gasteiger partial charge in [-0.25, -0.2) is 9.97 Å². The van der Waals surface area contributed by atoms with Gasteiger partial charge < -0.3 is 5.32 Å². The second-order valence-electron chi connectivity index (χ2n) is 5.35. The lowest BCUT2D eigenvalue weighted by molar-refractivity contribution is -0.384. The number of hydrogen-bond acceptors (Lipinski definition) is 8. The number of carbonyl (C=O) groups is 1. The van der Waals surface area contributed by atoms with E-state index in [0.717, 1.165) is 10.0 Å². The van der Waals surface area contributed by atoms with Crippen molar-refractivity contribution in [3.63, 3.8) is 0 Å². The molecule has 1 atom stereocenters. The number of amides is 1. The number of thioether (sulfide) groups is 1. The fourth-order valence-corrected chi connectivity index (χ4v) is 4.75. The van der Waals surface area contributed by atoms with Gasteiger partial charge in [0.05, 0.1) is 15.9 Å². The van der Waals surface area contributed by atoms with Gasteiger partial charge in [0.15, 0.2) is 9.47 Å². The van der Waals surface area contributed by atoms with Crippen LogP contribution in [0.2, 0.25) is 0 Å².